The number of hydrogen-bond donors (Lipinski definition) is 1. The number of nitro benzene ring substituents is 1. The first-order chi connectivity index (χ1) is 14.8. The van der Waals surface area contributed by atoms with E-state index in [4.69, 9.17) is 11.6 Å². The largest absolute Gasteiger partial charge is 0.316 e. The summed E-state index contributed by atoms with van der Waals surface area (Å²) >= 11 is 5.79. The number of imide groups is 1. The average Bonchev–Trinajstić information content (AvgIpc) is 3.43. The fourth-order valence-corrected chi connectivity index (χ4v) is 5.04. The van der Waals surface area contributed by atoms with Crippen LogP contribution in [0, 0.1) is 33.8 Å². The highest BCUT2D eigenvalue weighted by Crippen LogP contribution is 2.53. The summed E-state index contributed by atoms with van der Waals surface area (Å²) in [7, 11) is 0. The molecule has 1 saturated heterocycles. The van der Waals surface area contributed by atoms with Gasteiger partial charge in [0.1, 0.15) is 5.69 Å². The Morgan fingerprint density at radius 1 is 1.03 bits per heavy atom. The van der Waals surface area contributed by atoms with Gasteiger partial charge in [0, 0.05) is 16.7 Å². The van der Waals surface area contributed by atoms with Crippen LogP contribution in [0.2, 0.25) is 5.02 Å². The number of halogens is 1. The van der Waals surface area contributed by atoms with Gasteiger partial charge in [-0.15, -0.1) is 0 Å². The SMILES string of the molecule is O=C(Nc1ccc(Cl)cc1[N+](=O)[O-])c1ccc(N2C(=O)[C@@H]3[C@H](C2=O)[C@H]2C=C[C@H]3C2)cc1. The van der Waals surface area contributed by atoms with Gasteiger partial charge >= 0.3 is 0 Å². The zero-order chi connectivity index (χ0) is 21.9. The van der Waals surface area contributed by atoms with E-state index < -0.39 is 10.8 Å². The van der Waals surface area contributed by atoms with Crippen molar-refractivity contribution in [2.75, 3.05) is 10.2 Å². The van der Waals surface area contributed by atoms with Gasteiger partial charge < -0.3 is 5.32 Å². The van der Waals surface area contributed by atoms with Gasteiger partial charge in [0.05, 0.1) is 22.4 Å². The Kier molecular flexibility index (Phi) is 4.40. The van der Waals surface area contributed by atoms with Crippen molar-refractivity contribution in [3.05, 3.63) is 75.3 Å². The molecule has 3 amide bonds. The van der Waals surface area contributed by atoms with E-state index in [0.29, 0.717) is 5.69 Å². The number of anilines is 2. The van der Waals surface area contributed by atoms with Gasteiger partial charge in [-0.05, 0) is 54.7 Å². The molecular formula is C22H16ClN3O5. The summed E-state index contributed by atoms with van der Waals surface area (Å²) in [5.41, 5.74) is 0.344. The van der Waals surface area contributed by atoms with Crippen molar-refractivity contribution in [2.24, 2.45) is 23.7 Å². The molecule has 2 aliphatic carbocycles. The van der Waals surface area contributed by atoms with E-state index in [2.05, 4.69) is 5.32 Å². The second-order valence-electron chi connectivity index (χ2n) is 7.93. The number of fused-ring (bicyclic) bond motifs is 5. The first kappa shape index (κ1) is 19.4. The van der Waals surface area contributed by atoms with Crippen LogP contribution in [-0.4, -0.2) is 22.6 Å². The molecule has 2 fully saturated rings. The minimum absolute atomic E-state index is 0.0178. The molecule has 2 aromatic rings. The molecule has 9 heteroatoms. The second kappa shape index (κ2) is 7.02. The van der Waals surface area contributed by atoms with Gasteiger partial charge in [0.2, 0.25) is 11.8 Å². The summed E-state index contributed by atoms with van der Waals surface area (Å²) < 4.78 is 0. The van der Waals surface area contributed by atoms with Crippen molar-refractivity contribution < 1.29 is 19.3 Å². The zero-order valence-corrected chi connectivity index (χ0v) is 16.8. The van der Waals surface area contributed by atoms with E-state index in [9.17, 15) is 24.5 Å². The maximum atomic E-state index is 12.9. The first-order valence-corrected chi connectivity index (χ1v) is 10.1. The predicted molar refractivity (Wildman–Crippen MR) is 113 cm³/mol. The molecule has 0 unspecified atom stereocenters. The summed E-state index contributed by atoms with van der Waals surface area (Å²) in [4.78, 5) is 50.1. The van der Waals surface area contributed by atoms with Crippen LogP contribution in [0.5, 0.6) is 0 Å². The summed E-state index contributed by atoms with van der Waals surface area (Å²) in [5.74, 6) is -1.29. The molecule has 1 heterocycles. The molecule has 1 aliphatic heterocycles. The number of benzene rings is 2. The number of allylic oxidation sites excluding steroid dienone is 2. The van der Waals surface area contributed by atoms with Crippen molar-refractivity contribution in [3.8, 4) is 0 Å². The van der Waals surface area contributed by atoms with E-state index in [1.54, 1.807) is 0 Å². The number of nitrogens with zero attached hydrogens (tertiary/aromatic N) is 2. The van der Waals surface area contributed by atoms with Gasteiger partial charge in [-0.25, -0.2) is 0 Å². The van der Waals surface area contributed by atoms with Gasteiger partial charge in [0.25, 0.3) is 11.6 Å². The van der Waals surface area contributed by atoms with Crippen LogP contribution in [0.1, 0.15) is 16.8 Å². The van der Waals surface area contributed by atoms with Crippen molar-refractivity contribution in [2.45, 2.75) is 6.42 Å². The fourth-order valence-electron chi connectivity index (χ4n) is 4.87. The van der Waals surface area contributed by atoms with Gasteiger partial charge in [0.15, 0.2) is 0 Å². The fraction of sp³-hybridized carbons (Fsp3) is 0.227. The summed E-state index contributed by atoms with van der Waals surface area (Å²) in [6.45, 7) is 0. The summed E-state index contributed by atoms with van der Waals surface area (Å²) in [6, 6.07) is 9.99. The van der Waals surface area contributed by atoms with Crippen LogP contribution in [-0.2, 0) is 9.59 Å². The van der Waals surface area contributed by atoms with Crippen molar-refractivity contribution in [1.82, 2.24) is 0 Å². The van der Waals surface area contributed by atoms with E-state index in [1.807, 2.05) is 12.2 Å². The van der Waals surface area contributed by atoms with Gasteiger partial charge in [-0.2, -0.15) is 0 Å². The maximum Gasteiger partial charge on any atom is 0.294 e. The van der Waals surface area contributed by atoms with Crippen molar-refractivity contribution in [3.63, 3.8) is 0 Å². The Hall–Kier alpha value is -3.52. The van der Waals surface area contributed by atoms with Crippen molar-refractivity contribution in [1.29, 1.82) is 0 Å². The third-order valence-corrected chi connectivity index (χ3v) is 6.50. The molecule has 156 valence electrons. The van der Waals surface area contributed by atoms with Crippen LogP contribution in [0.3, 0.4) is 0 Å². The first-order valence-electron chi connectivity index (χ1n) is 9.76. The lowest BCUT2D eigenvalue weighted by Crippen LogP contribution is -2.32. The molecule has 0 radical (unpaired) electrons. The lowest BCUT2D eigenvalue weighted by atomic mass is 9.85. The minimum atomic E-state index is -0.631. The van der Waals surface area contributed by atoms with Gasteiger partial charge in [-0.1, -0.05) is 23.8 Å². The normalized spacial score (nSPS) is 25.8. The highest BCUT2D eigenvalue weighted by molar-refractivity contribution is 6.31. The molecule has 8 nitrogen and oxygen atoms in total. The van der Waals surface area contributed by atoms with Crippen LogP contribution >= 0.6 is 11.6 Å². The number of hydrogen-bond acceptors (Lipinski definition) is 5. The molecular weight excluding hydrogens is 422 g/mol. The number of carbonyl (C=O) groups is 3. The molecule has 1 saturated carbocycles. The Bertz CT molecular complexity index is 1150. The Balaban J connectivity index is 1.35. The molecule has 3 aliphatic rings. The van der Waals surface area contributed by atoms with E-state index in [1.165, 1.54) is 41.3 Å². The number of nitrogens with one attached hydrogen (secondary N) is 1. The third kappa shape index (κ3) is 3.02. The predicted octanol–water partition coefficient (Wildman–Crippen LogP) is 3.81. The smallest absolute Gasteiger partial charge is 0.294 e. The standard InChI is InChI=1S/C22H16ClN3O5/c23-14-5-8-16(17(10-14)26(30)31)24-20(27)11-3-6-15(7-4-11)25-21(28)18-12-1-2-13(9-12)19(18)22(25)29/h1-8,10,12-13,18-19H,9H2,(H,24,27)/t12-,13-,18-,19+/m0/s1. The van der Waals surface area contributed by atoms with Crippen LogP contribution in [0.25, 0.3) is 0 Å². The second-order valence-corrected chi connectivity index (χ2v) is 8.37. The van der Waals surface area contributed by atoms with E-state index in [0.717, 1.165) is 12.5 Å². The summed E-state index contributed by atoms with van der Waals surface area (Å²) in [5, 5.41) is 13.9. The molecule has 0 spiro atoms. The number of rotatable bonds is 4. The molecule has 1 N–H and O–H groups in total. The van der Waals surface area contributed by atoms with E-state index in [-0.39, 0.29) is 57.4 Å². The Morgan fingerprint density at radius 3 is 2.23 bits per heavy atom. The zero-order valence-electron chi connectivity index (χ0n) is 16.0. The number of amides is 3. The van der Waals surface area contributed by atoms with E-state index >= 15 is 0 Å². The van der Waals surface area contributed by atoms with Crippen LogP contribution in [0.15, 0.2) is 54.6 Å². The molecule has 0 aromatic heterocycles. The molecule has 4 atom stereocenters. The highest BCUT2D eigenvalue weighted by Gasteiger charge is 2.59. The van der Waals surface area contributed by atoms with Crippen LogP contribution < -0.4 is 10.2 Å². The lowest BCUT2D eigenvalue weighted by Gasteiger charge is -2.17. The lowest BCUT2D eigenvalue weighted by molar-refractivity contribution is -0.383. The number of nitro groups is 1. The van der Waals surface area contributed by atoms with Crippen molar-refractivity contribution >= 4 is 46.4 Å². The Labute approximate surface area is 181 Å². The quantitative estimate of drug-likeness (QED) is 0.338. The summed E-state index contributed by atoms with van der Waals surface area (Å²) in [6.07, 6.45) is 4.92. The average molecular weight is 438 g/mol. The monoisotopic (exact) mass is 437 g/mol. The maximum absolute atomic E-state index is 12.9. The molecule has 2 bridgehead atoms. The molecule has 5 rings (SSSR count). The minimum Gasteiger partial charge on any atom is -0.316 e. The van der Waals surface area contributed by atoms with Crippen LogP contribution in [0.4, 0.5) is 17.1 Å². The molecule has 2 aromatic carbocycles. The van der Waals surface area contributed by atoms with Gasteiger partial charge in [-0.3, -0.25) is 29.4 Å². The molecule has 31 heavy (non-hydrogen) atoms. The number of carbonyl (C=O) groups excluding carboxylic acids is 3. The highest BCUT2D eigenvalue weighted by atomic mass is 35.5. The third-order valence-electron chi connectivity index (χ3n) is 6.26. The Morgan fingerprint density at radius 2 is 1.65 bits per heavy atom. The topological polar surface area (TPSA) is 110 Å².